The van der Waals surface area contributed by atoms with Crippen LogP contribution in [0.15, 0.2) is 18.2 Å². The lowest BCUT2D eigenvalue weighted by Gasteiger charge is -2.53. The van der Waals surface area contributed by atoms with Gasteiger partial charge < -0.3 is 10.6 Å². The molecule has 0 aromatic heterocycles. The molecule has 5 nitrogen and oxygen atoms in total. The van der Waals surface area contributed by atoms with Crippen LogP contribution in [0.3, 0.4) is 0 Å². The van der Waals surface area contributed by atoms with Crippen molar-refractivity contribution >= 4 is 17.5 Å². The van der Waals surface area contributed by atoms with Gasteiger partial charge in [-0.15, -0.1) is 0 Å². The molecule has 3 rings (SSSR count). The molecule has 1 aliphatic carbocycles. The van der Waals surface area contributed by atoms with E-state index < -0.39 is 17.8 Å². The molecule has 2 aliphatic rings. The van der Waals surface area contributed by atoms with Crippen LogP contribution in [0, 0.1) is 17.2 Å². The van der Waals surface area contributed by atoms with E-state index in [9.17, 15) is 22.8 Å². The van der Waals surface area contributed by atoms with Crippen LogP contribution in [0.25, 0.3) is 0 Å². The number of nitrogens with one attached hydrogen (secondary N) is 2. The molecule has 2 fully saturated rings. The molecule has 1 aromatic carbocycles. The van der Waals surface area contributed by atoms with Gasteiger partial charge in [0.1, 0.15) is 5.82 Å². The lowest BCUT2D eigenvalue weighted by molar-refractivity contribution is -0.129. The first-order valence-corrected chi connectivity index (χ1v) is 10.4. The first-order chi connectivity index (χ1) is 13.9. The molecule has 0 unspecified atom stereocenters. The Kier molecular flexibility index (Phi) is 6.45. The van der Waals surface area contributed by atoms with Crippen molar-refractivity contribution in [3.8, 4) is 0 Å². The summed E-state index contributed by atoms with van der Waals surface area (Å²) in [6.07, 6.45) is 0.371. The van der Waals surface area contributed by atoms with Gasteiger partial charge >= 0.3 is 0 Å². The van der Waals surface area contributed by atoms with Gasteiger partial charge in [-0.1, -0.05) is 0 Å². The highest BCUT2D eigenvalue weighted by Gasteiger charge is 2.46. The van der Waals surface area contributed by atoms with E-state index >= 15 is 0 Å². The van der Waals surface area contributed by atoms with Crippen LogP contribution < -0.4 is 10.6 Å². The molecule has 0 atom stereocenters. The number of carbonyl (C=O) groups excluding carboxylic acids is 2. The van der Waals surface area contributed by atoms with Gasteiger partial charge in [-0.25, -0.2) is 13.2 Å². The zero-order valence-corrected chi connectivity index (χ0v) is 17.7. The molecule has 1 saturated carbocycles. The lowest BCUT2D eigenvalue weighted by atomic mass is 9.65. The first kappa shape index (κ1) is 22.6. The second kappa shape index (κ2) is 8.57. The zero-order valence-electron chi connectivity index (χ0n) is 17.7. The maximum absolute atomic E-state index is 13.5. The molecule has 1 spiro atoms. The minimum absolute atomic E-state index is 0.0173. The van der Waals surface area contributed by atoms with Crippen molar-refractivity contribution in [1.29, 1.82) is 0 Å². The Morgan fingerprint density at radius 1 is 1.17 bits per heavy atom. The summed E-state index contributed by atoms with van der Waals surface area (Å²) in [5.41, 5.74) is -0.475. The highest BCUT2D eigenvalue weighted by molar-refractivity contribution is 5.92. The lowest BCUT2D eigenvalue weighted by Crippen LogP contribution is -2.60. The number of likely N-dealkylation sites (tertiary alicyclic amines) is 1. The summed E-state index contributed by atoms with van der Waals surface area (Å²) in [5.74, 6) is -1.25. The molecule has 2 amide bonds. The van der Waals surface area contributed by atoms with E-state index in [4.69, 9.17) is 0 Å². The Balaban J connectivity index is 1.46. The average Bonchev–Trinajstić information content (AvgIpc) is 2.58. The second-order valence-corrected chi connectivity index (χ2v) is 9.78. The van der Waals surface area contributed by atoms with Gasteiger partial charge in [0.15, 0.2) is 0 Å². The highest BCUT2D eigenvalue weighted by atomic mass is 19.3. The van der Waals surface area contributed by atoms with Crippen LogP contribution in [-0.4, -0.2) is 41.9 Å². The molecule has 1 aliphatic heterocycles. The Labute approximate surface area is 175 Å². The number of anilines is 1. The van der Waals surface area contributed by atoms with Gasteiger partial charge in [-0.3, -0.25) is 14.5 Å². The number of benzene rings is 1. The molecular weight excluding hydrogens is 395 g/mol. The minimum atomic E-state index is -2.79. The molecule has 166 valence electrons. The fourth-order valence-corrected chi connectivity index (χ4v) is 4.54. The Morgan fingerprint density at radius 3 is 2.37 bits per heavy atom. The molecule has 1 aromatic rings. The fraction of sp³-hybridized carbons (Fsp3) is 0.636. The van der Waals surface area contributed by atoms with E-state index in [-0.39, 0.29) is 34.4 Å². The number of hydrogen-bond donors (Lipinski definition) is 2. The predicted molar refractivity (Wildman–Crippen MR) is 109 cm³/mol. The second-order valence-electron chi connectivity index (χ2n) is 9.78. The van der Waals surface area contributed by atoms with Gasteiger partial charge in [0.25, 0.3) is 6.43 Å². The van der Waals surface area contributed by atoms with Crippen LogP contribution in [0.4, 0.5) is 18.9 Å². The van der Waals surface area contributed by atoms with Gasteiger partial charge in [-0.2, -0.15) is 0 Å². The summed E-state index contributed by atoms with van der Waals surface area (Å²) < 4.78 is 39.2. The van der Waals surface area contributed by atoms with Gasteiger partial charge in [0, 0.05) is 35.8 Å². The molecule has 0 radical (unpaired) electrons. The summed E-state index contributed by atoms with van der Waals surface area (Å²) in [6, 6.07) is 2.94. The maximum Gasteiger partial charge on any atom is 0.264 e. The molecular formula is C22H30F3N3O2. The van der Waals surface area contributed by atoms with E-state index in [1.165, 1.54) is 0 Å². The average molecular weight is 425 g/mol. The third-order valence-corrected chi connectivity index (χ3v) is 5.86. The largest absolute Gasteiger partial charge is 0.350 e. The molecule has 1 heterocycles. The minimum Gasteiger partial charge on any atom is -0.350 e. The maximum atomic E-state index is 13.5. The smallest absolute Gasteiger partial charge is 0.264 e. The molecule has 8 heteroatoms. The molecule has 30 heavy (non-hydrogen) atoms. The number of halogens is 3. The third-order valence-electron chi connectivity index (χ3n) is 5.86. The molecule has 0 bridgehead atoms. The quantitative estimate of drug-likeness (QED) is 0.747. The van der Waals surface area contributed by atoms with Crippen LogP contribution in [0.1, 0.15) is 58.4 Å². The Hall–Kier alpha value is -2.09. The normalized spacial score (nSPS) is 19.6. The Morgan fingerprint density at radius 2 is 1.80 bits per heavy atom. The van der Waals surface area contributed by atoms with E-state index in [2.05, 4.69) is 15.5 Å². The Bertz CT molecular complexity index is 791. The van der Waals surface area contributed by atoms with Crippen LogP contribution in [-0.2, 0) is 9.59 Å². The molecule has 1 saturated heterocycles. The number of rotatable bonds is 5. The molecule has 2 N–H and O–H groups in total. The van der Waals surface area contributed by atoms with Crippen molar-refractivity contribution in [1.82, 2.24) is 10.2 Å². The number of alkyl halides is 2. The zero-order chi connectivity index (χ0) is 22.1. The van der Waals surface area contributed by atoms with E-state index in [0.29, 0.717) is 19.4 Å². The van der Waals surface area contributed by atoms with Crippen molar-refractivity contribution in [2.24, 2.45) is 11.3 Å². The monoisotopic (exact) mass is 425 g/mol. The number of nitrogens with zero attached hydrogens (tertiary/aromatic N) is 1. The van der Waals surface area contributed by atoms with Crippen LogP contribution in [0.2, 0.25) is 0 Å². The third kappa shape index (κ3) is 5.74. The SMILES string of the molecule is CC(C)(C)NC(=O)CN1CC2(CCC(C(=O)Nc3cc(F)cc(C(F)F)c3)CC2)C1. The number of amides is 2. The summed E-state index contributed by atoms with van der Waals surface area (Å²) in [4.78, 5) is 26.7. The van der Waals surface area contributed by atoms with E-state index in [1.807, 2.05) is 20.8 Å². The van der Waals surface area contributed by atoms with Crippen molar-refractivity contribution in [2.75, 3.05) is 25.0 Å². The topological polar surface area (TPSA) is 61.4 Å². The summed E-state index contributed by atoms with van der Waals surface area (Å²) >= 11 is 0. The highest BCUT2D eigenvalue weighted by Crippen LogP contribution is 2.45. The van der Waals surface area contributed by atoms with Crippen molar-refractivity contribution in [2.45, 2.75) is 58.4 Å². The summed E-state index contributed by atoms with van der Waals surface area (Å²) in [7, 11) is 0. The van der Waals surface area contributed by atoms with Crippen molar-refractivity contribution in [3.63, 3.8) is 0 Å². The van der Waals surface area contributed by atoms with Crippen LogP contribution in [0.5, 0.6) is 0 Å². The van der Waals surface area contributed by atoms with Gasteiger partial charge in [-0.05, 0) is 70.1 Å². The standard InChI is InChI=1S/C22H30F3N3O2/c1-21(2,3)27-18(29)11-28-12-22(13-28)6-4-14(5-7-22)20(30)26-17-9-15(19(24)25)8-16(23)10-17/h8-10,14,19H,4-7,11-13H2,1-3H3,(H,26,30)(H,27,29). The van der Waals surface area contributed by atoms with Crippen LogP contribution >= 0.6 is 0 Å². The van der Waals surface area contributed by atoms with Crippen molar-refractivity contribution in [3.05, 3.63) is 29.6 Å². The number of hydrogen-bond acceptors (Lipinski definition) is 3. The fourth-order valence-electron chi connectivity index (χ4n) is 4.54. The predicted octanol–water partition coefficient (Wildman–Crippen LogP) is 4.11. The van der Waals surface area contributed by atoms with Gasteiger partial charge in [0.05, 0.1) is 6.54 Å². The number of carbonyl (C=O) groups is 2. The van der Waals surface area contributed by atoms with Gasteiger partial charge in [0.2, 0.25) is 11.8 Å². The van der Waals surface area contributed by atoms with Crippen molar-refractivity contribution < 1.29 is 22.8 Å². The first-order valence-electron chi connectivity index (χ1n) is 10.4. The summed E-state index contributed by atoms with van der Waals surface area (Å²) in [6.45, 7) is 7.93. The summed E-state index contributed by atoms with van der Waals surface area (Å²) in [5, 5.41) is 5.55. The van der Waals surface area contributed by atoms with E-state index in [0.717, 1.165) is 44.1 Å². The van der Waals surface area contributed by atoms with E-state index in [1.54, 1.807) is 0 Å².